The van der Waals surface area contributed by atoms with E-state index in [-0.39, 0.29) is 17.9 Å². The second-order valence-electron chi connectivity index (χ2n) is 10.5. The lowest BCUT2D eigenvalue weighted by molar-refractivity contribution is -0.143. The van der Waals surface area contributed by atoms with Crippen LogP contribution in [-0.4, -0.2) is 39.1 Å². The number of halogens is 3. The maximum Gasteiger partial charge on any atom is 0.434 e. The minimum absolute atomic E-state index is 0.0310. The Kier molecular flexibility index (Phi) is 8.00. The molecule has 0 saturated heterocycles. The van der Waals surface area contributed by atoms with Gasteiger partial charge in [0.05, 0.1) is 17.5 Å². The number of aryl methyl sites for hydroxylation is 2. The van der Waals surface area contributed by atoms with Gasteiger partial charge in [-0.1, -0.05) is 55.0 Å². The molecular weight excluding hydrogens is 531 g/mol. The van der Waals surface area contributed by atoms with Crippen molar-refractivity contribution in [2.45, 2.75) is 64.1 Å². The number of nitrogens with zero attached hydrogens (tertiary/aromatic N) is 3. The molecule has 9 heteroatoms. The third-order valence-corrected chi connectivity index (χ3v) is 7.88. The van der Waals surface area contributed by atoms with Gasteiger partial charge in [0.2, 0.25) is 0 Å². The lowest BCUT2D eigenvalue weighted by atomic mass is 9.82. The molecular formula is C32H32F3N3O3. The molecule has 0 aliphatic heterocycles. The van der Waals surface area contributed by atoms with Gasteiger partial charge in [-0.05, 0) is 79.8 Å². The van der Waals surface area contributed by atoms with Crippen LogP contribution in [0, 0.1) is 6.92 Å². The van der Waals surface area contributed by atoms with E-state index in [9.17, 15) is 23.1 Å². The van der Waals surface area contributed by atoms with Crippen LogP contribution in [0.2, 0.25) is 0 Å². The van der Waals surface area contributed by atoms with Crippen LogP contribution in [0.15, 0.2) is 60.7 Å². The van der Waals surface area contributed by atoms with Crippen LogP contribution in [0.1, 0.15) is 71.4 Å². The Morgan fingerprint density at radius 3 is 2.34 bits per heavy atom. The standard InChI is InChI=1S/C32H32F3N3O3/c1-4-26-29(31(39)40)30(32(33,34)35)38(37-26)28-7-5-6-27(36-28)25-18-19(2)8-17-24(25)22-11-9-20(10-12-22)21-13-15-23(41-3)16-14-21/h5-12,17-18,21,23H,4,13-16H2,1-3H3,(H,39,40). The predicted molar refractivity (Wildman–Crippen MR) is 150 cm³/mol. The van der Waals surface area contributed by atoms with Crippen LogP contribution in [0.3, 0.4) is 0 Å². The van der Waals surface area contributed by atoms with Gasteiger partial charge in [-0.3, -0.25) is 0 Å². The first-order valence-electron chi connectivity index (χ1n) is 13.7. The lowest BCUT2D eigenvalue weighted by Crippen LogP contribution is -2.19. The number of hydrogen-bond donors (Lipinski definition) is 1. The van der Waals surface area contributed by atoms with E-state index in [0.717, 1.165) is 47.9 Å². The Morgan fingerprint density at radius 1 is 1.02 bits per heavy atom. The zero-order valence-corrected chi connectivity index (χ0v) is 23.2. The molecule has 0 atom stereocenters. The Morgan fingerprint density at radius 2 is 1.73 bits per heavy atom. The third-order valence-electron chi connectivity index (χ3n) is 7.88. The van der Waals surface area contributed by atoms with Crippen molar-refractivity contribution in [2.75, 3.05) is 7.11 Å². The third kappa shape index (κ3) is 5.77. The summed E-state index contributed by atoms with van der Waals surface area (Å²) >= 11 is 0. The fourth-order valence-electron chi connectivity index (χ4n) is 5.74. The first kappa shape index (κ1) is 28.5. The van der Waals surface area contributed by atoms with E-state index in [0.29, 0.717) is 22.4 Å². The van der Waals surface area contributed by atoms with Crippen molar-refractivity contribution in [3.05, 3.63) is 88.7 Å². The molecule has 0 radical (unpaired) electrons. The maximum atomic E-state index is 14.1. The second kappa shape index (κ2) is 11.5. The molecule has 2 heterocycles. The van der Waals surface area contributed by atoms with Gasteiger partial charge >= 0.3 is 12.1 Å². The van der Waals surface area contributed by atoms with Crippen molar-refractivity contribution in [1.29, 1.82) is 0 Å². The number of methoxy groups -OCH3 is 1. The second-order valence-corrected chi connectivity index (χ2v) is 10.5. The topological polar surface area (TPSA) is 77.2 Å². The van der Waals surface area contributed by atoms with E-state index in [1.165, 1.54) is 11.6 Å². The summed E-state index contributed by atoms with van der Waals surface area (Å²) in [5, 5.41) is 13.6. The molecule has 214 valence electrons. The molecule has 0 spiro atoms. The van der Waals surface area contributed by atoms with Gasteiger partial charge in [0, 0.05) is 12.7 Å². The summed E-state index contributed by atoms with van der Waals surface area (Å²) < 4.78 is 48.5. The van der Waals surface area contributed by atoms with Crippen molar-refractivity contribution < 1.29 is 27.8 Å². The van der Waals surface area contributed by atoms with Crippen molar-refractivity contribution in [3.8, 4) is 28.2 Å². The minimum Gasteiger partial charge on any atom is -0.478 e. The molecule has 5 rings (SSSR count). The van der Waals surface area contributed by atoms with Crippen LogP contribution in [0.4, 0.5) is 13.2 Å². The zero-order valence-electron chi connectivity index (χ0n) is 23.2. The molecule has 1 N–H and O–H groups in total. The highest BCUT2D eigenvalue weighted by Crippen LogP contribution is 2.38. The van der Waals surface area contributed by atoms with E-state index in [2.05, 4.69) is 34.3 Å². The van der Waals surface area contributed by atoms with Gasteiger partial charge in [-0.25, -0.2) is 14.5 Å². The highest BCUT2D eigenvalue weighted by molar-refractivity contribution is 5.91. The number of pyridine rings is 1. The number of carboxylic acid groups (broad SMARTS) is 1. The summed E-state index contributed by atoms with van der Waals surface area (Å²) in [5.41, 5.74) is 3.01. The number of aromatic carboxylic acids is 1. The molecule has 1 aliphatic rings. The normalized spacial score (nSPS) is 17.5. The summed E-state index contributed by atoms with van der Waals surface area (Å²) in [5.74, 6) is -1.29. The zero-order chi connectivity index (χ0) is 29.3. The van der Waals surface area contributed by atoms with Crippen molar-refractivity contribution in [3.63, 3.8) is 0 Å². The first-order valence-corrected chi connectivity index (χ1v) is 13.7. The van der Waals surface area contributed by atoms with E-state index in [1.807, 2.05) is 25.1 Å². The average molecular weight is 564 g/mol. The molecule has 1 fully saturated rings. The molecule has 41 heavy (non-hydrogen) atoms. The SMILES string of the molecule is CCc1nn(-c2cccc(-c3cc(C)ccc3-c3ccc(C4CCC(OC)CC4)cc3)n2)c(C(F)(F)F)c1C(=O)O. The highest BCUT2D eigenvalue weighted by atomic mass is 19.4. The van der Waals surface area contributed by atoms with E-state index >= 15 is 0 Å². The molecule has 1 saturated carbocycles. The van der Waals surface area contributed by atoms with Gasteiger partial charge in [-0.2, -0.15) is 18.3 Å². The van der Waals surface area contributed by atoms with Gasteiger partial charge in [0.1, 0.15) is 5.56 Å². The smallest absolute Gasteiger partial charge is 0.434 e. The van der Waals surface area contributed by atoms with Gasteiger partial charge < -0.3 is 9.84 Å². The minimum atomic E-state index is -4.94. The Labute approximate surface area is 236 Å². The van der Waals surface area contributed by atoms with Gasteiger partial charge in [0.25, 0.3) is 0 Å². The Bertz CT molecular complexity index is 1550. The van der Waals surface area contributed by atoms with Crippen molar-refractivity contribution in [1.82, 2.24) is 14.8 Å². The summed E-state index contributed by atoms with van der Waals surface area (Å²) in [6.07, 6.45) is -0.307. The monoisotopic (exact) mass is 563 g/mol. The Hall–Kier alpha value is -3.98. The number of benzene rings is 2. The molecule has 0 unspecified atom stereocenters. The molecule has 4 aromatic rings. The molecule has 2 aromatic carbocycles. The van der Waals surface area contributed by atoms with Gasteiger partial charge in [-0.15, -0.1) is 0 Å². The fraction of sp³-hybridized carbons (Fsp3) is 0.344. The fourth-order valence-corrected chi connectivity index (χ4v) is 5.74. The molecule has 0 amide bonds. The van der Waals surface area contributed by atoms with E-state index in [1.54, 1.807) is 26.2 Å². The van der Waals surface area contributed by atoms with Gasteiger partial charge in [0.15, 0.2) is 11.5 Å². The number of carbonyl (C=O) groups is 1. The number of hydrogen-bond acceptors (Lipinski definition) is 4. The maximum absolute atomic E-state index is 14.1. The number of alkyl halides is 3. The van der Waals surface area contributed by atoms with Crippen molar-refractivity contribution in [2.24, 2.45) is 0 Å². The quantitative estimate of drug-likeness (QED) is 0.248. The van der Waals surface area contributed by atoms with Crippen LogP contribution in [-0.2, 0) is 17.3 Å². The summed E-state index contributed by atoms with van der Waals surface area (Å²) in [7, 11) is 1.77. The number of aromatic nitrogens is 3. The van der Waals surface area contributed by atoms with Crippen molar-refractivity contribution >= 4 is 5.97 Å². The molecule has 2 aromatic heterocycles. The molecule has 6 nitrogen and oxygen atoms in total. The highest BCUT2D eigenvalue weighted by Gasteiger charge is 2.42. The summed E-state index contributed by atoms with van der Waals surface area (Å²) in [4.78, 5) is 16.4. The number of ether oxygens (including phenoxy) is 1. The molecule has 0 bridgehead atoms. The largest absolute Gasteiger partial charge is 0.478 e. The van der Waals surface area contributed by atoms with E-state index < -0.39 is 23.4 Å². The molecule has 1 aliphatic carbocycles. The van der Waals surface area contributed by atoms with Crippen LogP contribution in [0.25, 0.3) is 28.2 Å². The predicted octanol–water partition coefficient (Wildman–Crippen LogP) is 7.86. The van der Waals surface area contributed by atoms with E-state index in [4.69, 9.17) is 4.74 Å². The van der Waals surface area contributed by atoms with Crippen LogP contribution < -0.4 is 0 Å². The lowest BCUT2D eigenvalue weighted by Gasteiger charge is -2.28. The Balaban J connectivity index is 1.54. The summed E-state index contributed by atoms with van der Waals surface area (Å²) in [6, 6.07) is 19.1. The van der Waals surface area contributed by atoms with Crippen LogP contribution >= 0.6 is 0 Å². The van der Waals surface area contributed by atoms with Crippen LogP contribution in [0.5, 0.6) is 0 Å². The summed E-state index contributed by atoms with van der Waals surface area (Å²) in [6.45, 7) is 3.51. The average Bonchev–Trinajstić information content (AvgIpc) is 3.39. The number of rotatable bonds is 7. The first-order chi connectivity index (χ1) is 19.6. The number of carboxylic acids is 1.